The molecule has 4 rings (SSSR count). The van der Waals surface area contributed by atoms with Crippen molar-refractivity contribution in [2.45, 2.75) is 44.7 Å². The Morgan fingerprint density at radius 3 is 1.45 bits per heavy atom. The van der Waals surface area contributed by atoms with Crippen molar-refractivity contribution in [1.82, 2.24) is 0 Å². The summed E-state index contributed by atoms with van der Waals surface area (Å²) in [7, 11) is 1.65. The number of aliphatic hydroxyl groups is 1. The summed E-state index contributed by atoms with van der Waals surface area (Å²) in [5, 5.41) is 10.4. The van der Waals surface area contributed by atoms with Gasteiger partial charge in [0.25, 0.3) is 0 Å². The molecule has 40 heavy (non-hydrogen) atoms. The zero-order valence-electron chi connectivity index (χ0n) is 22.9. The second kappa shape index (κ2) is 16.6. The van der Waals surface area contributed by atoms with Gasteiger partial charge < -0.3 is 28.8 Å². The van der Waals surface area contributed by atoms with E-state index in [-0.39, 0.29) is 13.2 Å². The van der Waals surface area contributed by atoms with Crippen LogP contribution in [0.1, 0.15) is 22.3 Å². The van der Waals surface area contributed by atoms with Crippen molar-refractivity contribution in [3.63, 3.8) is 0 Å². The molecule has 0 saturated carbocycles. The second-order valence-corrected chi connectivity index (χ2v) is 9.48. The molecule has 0 aliphatic rings. The third-order valence-electron chi connectivity index (χ3n) is 6.52. The first-order valence-corrected chi connectivity index (χ1v) is 13.5. The predicted molar refractivity (Wildman–Crippen MR) is 155 cm³/mol. The minimum Gasteiger partial charge on any atom is -0.497 e. The van der Waals surface area contributed by atoms with Crippen molar-refractivity contribution < 1.29 is 28.8 Å². The summed E-state index contributed by atoms with van der Waals surface area (Å²) in [6, 6.07) is 37.6. The molecular formula is C34H38O6. The maximum Gasteiger partial charge on any atom is 0.118 e. The number of aliphatic hydroxyl groups excluding tert-OH is 1. The largest absolute Gasteiger partial charge is 0.497 e. The van der Waals surface area contributed by atoms with Crippen LogP contribution in [0.25, 0.3) is 0 Å². The Labute approximate surface area is 237 Å². The summed E-state index contributed by atoms with van der Waals surface area (Å²) in [5.41, 5.74) is 4.09. The molecule has 210 valence electrons. The van der Waals surface area contributed by atoms with Gasteiger partial charge in [-0.3, -0.25) is 0 Å². The SMILES string of the molecule is COc1ccc(COCC(OCc2ccccc2)C(OCc2ccccc2)C(CO)OCc2ccccc2)cc1. The Kier molecular flexibility index (Phi) is 12.2. The lowest BCUT2D eigenvalue weighted by atomic mass is 10.1. The van der Waals surface area contributed by atoms with Gasteiger partial charge in [0.2, 0.25) is 0 Å². The van der Waals surface area contributed by atoms with Crippen LogP contribution in [0.2, 0.25) is 0 Å². The molecule has 0 bridgehead atoms. The van der Waals surface area contributed by atoms with Crippen LogP contribution in [0.3, 0.4) is 0 Å². The summed E-state index contributed by atoms with van der Waals surface area (Å²) in [6.45, 7) is 1.49. The normalized spacial score (nSPS) is 13.4. The van der Waals surface area contributed by atoms with E-state index in [2.05, 4.69) is 0 Å². The van der Waals surface area contributed by atoms with E-state index >= 15 is 0 Å². The molecule has 0 amide bonds. The van der Waals surface area contributed by atoms with Crippen LogP contribution in [0.4, 0.5) is 0 Å². The molecule has 4 aromatic carbocycles. The van der Waals surface area contributed by atoms with Crippen LogP contribution in [0, 0.1) is 0 Å². The lowest BCUT2D eigenvalue weighted by Crippen LogP contribution is -2.46. The van der Waals surface area contributed by atoms with Gasteiger partial charge in [-0.2, -0.15) is 0 Å². The van der Waals surface area contributed by atoms with Crippen molar-refractivity contribution in [3.05, 3.63) is 138 Å². The van der Waals surface area contributed by atoms with Gasteiger partial charge in [-0.05, 0) is 34.4 Å². The summed E-state index contributed by atoms with van der Waals surface area (Å²) >= 11 is 0. The van der Waals surface area contributed by atoms with E-state index < -0.39 is 18.3 Å². The first-order valence-electron chi connectivity index (χ1n) is 13.5. The molecule has 0 aromatic heterocycles. The van der Waals surface area contributed by atoms with E-state index in [9.17, 15) is 5.11 Å². The van der Waals surface area contributed by atoms with Crippen molar-refractivity contribution in [2.24, 2.45) is 0 Å². The van der Waals surface area contributed by atoms with Crippen LogP contribution >= 0.6 is 0 Å². The zero-order valence-corrected chi connectivity index (χ0v) is 22.9. The van der Waals surface area contributed by atoms with Crippen LogP contribution in [0.15, 0.2) is 115 Å². The fourth-order valence-corrected chi connectivity index (χ4v) is 4.28. The maximum atomic E-state index is 10.4. The highest BCUT2D eigenvalue weighted by atomic mass is 16.6. The van der Waals surface area contributed by atoms with Gasteiger partial charge in [0, 0.05) is 0 Å². The van der Waals surface area contributed by atoms with Crippen LogP contribution in [-0.4, -0.2) is 43.7 Å². The molecule has 3 atom stereocenters. The molecule has 0 spiro atoms. The van der Waals surface area contributed by atoms with Gasteiger partial charge in [0.1, 0.15) is 24.1 Å². The monoisotopic (exact) mass is 542 g/mol. The Bertz CT molecular complexity index is 1200. The second-order valence-electron chi connectivity index (χ2n) is 9.48. The third kappa shape index (κ3) is 9.59. The van der Waals surface area contributed by atoms with Crippen molar-refractivity contribution in [1.29, 1.82) is 0 Å². The van der Waals surface area contributed by atoms with Gasteiger partial charge in [0.05, 0.1) is 46.8 Å². The summed E-state index contributed by atoms with van der Waals surface area (Å²) in [4.78, 5) is 0. The van der Waals surface area contributed by atoms with Crippen molar-refractivity contribution in [3.8, 4) is 5.75 Å². The molecule has 0 aliphatic heterocycles. The van der Waals surface area contributed by atoms with Crippen molar-refractivity contribution in [2.75, 3.05) is 20.3 Å². The highest BCUT2D eigenvalue weighted by Gasteiger charge is 2.32. The summed E-state index contributed by atoms with van der Waals surface area (Å²) < 4.78 is 30.5. The van der Waals surface area contributed by atoms with E-state index in [1.54, 1.807) is 7.11 Å². The van der Waals surface area contributed by atoms with Gasteiger partial charge >= 0.3 is 0 Å². The molecule has 4 aromatic rings. The average Bonchev–Trinajstić information content (AvgIpc) is 3.02. The molecule has 0 heterocycles. The van der Waals surface area contributed by atoms with E-state index in [0.717, 1.165) is 28.0 Å². The fraction of sp³-hybridized carbons (Fsp3) is 0.294. The Balaban J connectivity index is 1.51. The molecule has 0 radical (unpaired) electrons. The predicted octanol–water partition coefficient (Wildman–Crippen LogP) is 5.96. The standard InChI is InChI=1S/C34H38O6/c1-36-31-19-17-30(18-20-31)22-37-26-33(39-24-28-13-7-3-8-14-28)34(40-25-29-15-9-4-10-16-29)32(21-35)38-23-27-11-5-2-6-12-27/h2-20,32-35H,21-26H2,1H3. The molecule has 6 nitrogen and oxygen atoms in total. The maximum absolute atomic E-state index is 10.4. The smallest absolute Gasteiger partial charge is 0.118 e. The summed E-state index contributed by atoms with van der Waals surface area (Å²) in [5.74, 6) is 0.795. The molecule has 0 saturated heterocycles. The average molecular weight is 543 g/mol. The van der Waals surface area contributed by atoms with Gasteiger partial charge in [-0.1, -0.05) is 103 Å². The minimum atomic E-state index is -0.630. The topological polar surface area (TPSA) is 66.4 Å². The molecular weight excluding hydrogens is 504 g/mol. The van der Waals surface area contributed by atoms with E-state index in [1.165, 1.54) is 0 Å². The number of rotatable bonds is 17. The third-order valence-corrected chi connectivity index (χ3v) is 6.52. The number of ether oxygens (including phenoxy) is 5. The van der Waals surface area contributed by atoms with Gasteiger partial charge in [0.15, 0.2) is 0 Å². The molecule has 1 N–H and O–H groups in total. The molecule has 0 aliphatic carbocycles. The van der Waals surface area contributed by atoms with Crippen LogP contribution in [-0.2, 0) is 45.4 Å². The minimum absolute atomic E-state index is 0.226. The first kappa shape index (κ1) is 29.5. The lowest BCUT2D eigenvalue weighted by Gasteiger charge is -2.33. The Morgan fingerprint density at radius 2 is 0.975 bits per heavy atom. The van der Waals surface area contributed by atoms with E-state index in [1.807, 2.05) is 115 Å². The van der Waals surface area contributed by atoms with E-state index in [0.29, 0.717) is 26.4 Å². The van der Waals surface area contributed by atoms with Gasteiger partial charge in [-0.15, -0.1) is 0 Å². The first-order chi connectivity index (χ1) is 19.7. The molecule has 0 fully saturated rings. The lowest BCUT2D eigenvalue weighted by molar-refractivity contribution is -0.176. The van der Waals surface area contributed by atoms with Crippen LogP contribution < -0.4 is 4.74 Å². The number of hydrogen-bond donors (Lipinski definition) is 1. The Morgan fingerprint density at radius 1 is 0.525 bits per heavy atom. The molecule has 3 unspecified atom stereocenters. The van der Waals surface area contributed by atoms with E-state index in [4.69, 9.17) is 23.7 Å². The summed E-state index contributed by atoms with van der Waals surface area (Å²) in [6.07, 6.45) is -1.72. The number of methoxy groups -OCH3 is 1. The highest BCUT2D eigenvalue weighted by Crippen LogP contribution is 2.20. The highest BCUT2D eigenvalue weighted by molar-refractivity contribution is 5.26. The number of benzene rings is 4. The molecule has 6 heteroatoms. The Hall–Kier alpha value is -3.52. The fourth-order valence-electron chi connectivity index (χ4n) is 4.28. The van der Waals surface area contributed by atoms with Crippen LogP contribution in [0.5, 0.6) is 5.75 Å². The quantitative estimate of drug-likeness (QED) is 0.178. The zero-order chi connectivity index (χ0) is 27.8. The van der Waals surface area contributed by atoms with Crippen molar-refractivity contribution >= 4 is 0 Å². The van der Waals surface area contributed by atoms with Gasteiger partial charge in [-0.25, -0.2) is 0 Å². The number of hydrogen-bond acceptors (Lipinski definition) is 6.